The maximum absolute atomic E-state index is 5.68. The van der Waals surface area contributed by atoms with Crippen molar-refractivity contribution < 1.29 is 8.83 Å². The Kier molecular flexibility index (Phi) is 4.23. The molecule has 2 aromatic heterocycles. The molecule has 108 valence electrons. The predicted octanol–water partition coefficient (Wildman–Crippen LogP) is 3.15. The summed E-state index contributed by atoms with van der Waals surface area (Å²) in [6.07, 6.45) is 6.10. The monoisotopic (exact) mass is 274 g/mol. The average Bonchev–Trinajstić information content (AvgIpc) is 3.00. The smallest absolute Gasteiger partial charge is 0.122 e. The Bertz CT molecular complexity index is 514. The van der Waals surface area contributed by atoms with Gasteiger partial charge in [-0.2, -0.15) is 0 Å². The van der Waals surface area contributed by atoms with Gasteiger partial charge in [-0.05, 0) is 37.6 Å². The van der Waals surface area contributed by atoms with Crippen molar-refractivity contribution in [1.82, 2.24) is 10.2 Å². The summed E-state index contributed by atoms with van der Waals surface area (Å²) < 4.78 is 11.1. The van der Waals surface area contributed by atoms with E-state index in [1.54, 1.807) is 12.5 Å². The highest BCUT2D eigenvalue weighted by atomic mass is 16.3. The van der Waals surface area contributed by atoms with E-state index in [2.05, 4.69) is 23.2 Å². The largest absolute Gasteiger partial charge is 0.468 e. The molecule has 0 bridgehead atoms. The number of nitrogens with zero attached hydrogens (tertiary/aromatic N) is 1. The van der Waals surface area contributed by atoms with Gasteiger partial charge in [-0.1, -0.05) is 6.92 Å². The van der Waals surface area contributed by atoms with Crippen molar-refractivity contribution in [2.75, 3.05) is 6.54 Å². The zero-order valence-corrected chi connectivity index (χ0v) is 12.0. The van der Waals surface area contributed by atoms with Crippen LogP contribution in [0, 0.1) is 0 Å². The van der Waals surface area contributed by atoms with Gasteiger partial charge in [-0.15, -0.1) is 0 Å². The van der Waals surface area contributed by atoms with Crippen LogP contribution in [0.25, 0.3) is 0 Å². The minimum absolute atomic E-state index is 0.678. The lowest BCUT2D eigenvalue weighted by atomic mass is 10.2. The summed E-state index contributed by atoms with van der Waals surface area (Å²) in [4.78, 5) is 2.45. The van der Waals surface area contributed by atoms with E-state index < -0.39 is 0 Å². The highest BCUT2D eigenvalue weighted by Crippen LogP contribution is 2.30. The van der Waals surface area contributed by atoms with E-state index in [-0.39, 0.29) is 0 Å². The topological polar surface area (TPSA) is 41.6 Å². The van der Waals surface area contributed by atoms with E-state index in [1.807, 2.05) is 12.1 Å². The predicted molar refractivity (Wildman–Crippen MR) is 77.1 cm³/mol. The van der Waals surface area contributed by atoms with Crippen molar-refractivity contribution in [3.63, 3.8) is 0 Å². The molecule has 0 unspecified atom stereocenters. The third-order valence-electron chi connectivity index (χ3n) is 3.75. The Morgan fingerprint density at radius 3 is 2.80 bits per heavy atom. The number of hydrogen-bond acceptors (Lipinski definition) is 4. The van der Waals surface area contributed by atoms with Crippen LogP contribution in [-0.4, -0.2) is 17.5 Å². The van der Waals surface area contributed by atoms with Crippen LogP contribution < -0.4 is 5.32 Å². The fourth-order valence-electron chi connectivity index (χ4n) is 2.46. The van der Waals surface area contributed by atoms with Crippen molar-refractivity contribution in [2.45, 2.75) is 45.4 Å². The fourth-order valence-corrected chi connectivity index (χ4v) is 2.46. The summed E-state index contributed by atoms with van der Waals surface area (Å²) in [6.45, 7) is 5.69. The summed E-state index contributed by atoms with van der Waals surface area (Å²) in [5.74, 6) is 2.10. The summed E-state index contributed by atoms with van der Waals surface area (Å²) in [7, 11) is 0. The van der Waals surface area contributed by atoms with Crippen LogP contribution in [0.15, 0.2) is 39.6 Å². The summed E-state index contributed by atoms with van der Waals surface area (Å²) in [5, 5.41) is 3.36. The number of hydrogen-bond donors (Lipinski definition) is 1. The van der Waals surface area contributed by atoms with Crippen LogP contribution in [0.1, 0.15) is 36.8 Å². The van der Waals surface area contributed by atoms with Crippen LogP contribution in [0.2, 0.25) is 0 Å². The van der Waals surface area contributed by atoms with E-state index in [1.165, 1.54) is 18.4 Å². The van der Waals surface area contributed by atoms with Crippen LogP contribution in [0.5, 0.6) is 0 Å². The highest BCUT2D eigenvalue weighted by Gasteiger charge is 2.30. The minimum atomic E-state index is 0.678. The zero-order valence-electron chi connectivity index (χ0n) is 12.0. The Morgan fingerprint density at radius 1 is 1.20 bits per heavy atom. The molecule has 1 fully saturated rings. The van der Waals surface area contributed by atoms with E-state index in [9.17, 15) is 0 Å². The molecule has 0 spiro atoms. The first kappa shape index (κ1) is 13.5. The molecule has 1 aliphatic rings. The molecule has 0 atom stereocenters. The molecular formula is C16H22N2O2. The van der Waals surface area contributed by atoms with Gasteiger partial charge in [0.05, 0.1) is 25.6 Å². The second kappa shape index (κ2) is 6.29. The third-order valence-corrected chi connectivity index (χ3v) is 3.75. The quantitative estimate of drug-likeness (QED) is 0.803. The second-order valence-electron chi connectivity index (χ2n) is 5.36. The normalized spacial score (nSPS) is 15.1. The first-order valence-electron chi connectivity index (χ1n) is 7.39. The Labute approximate surface area is 119 Å². The van der Waals surface area contributed by atoms with Gasteiger partial charge < -0.3 is 14.2 Å². The molecule has 1 N–H and O–H groups in total. The van der Waals surface area contributed by atoms with Crippen LogP contribution in [-0.2, 0) is 19.6 Å². The van der Waals surface area contributed by atoms with E-state index in [4.69, 9.17) is 8.83 Å². The van der Waals surface area contributed by atoms with Gasteiger partial charge in [0.15, 0.2) is 0 Å². The Hall–Kier alpha value is -1.52. The third kappa shape index (κ3) is 3.32. The summed E-state index contributed by atoms with van der Waals surface area (Å²) in [5.41, 5.74) is 1.26. The molecule has 2 heterocycles. The Balaban J connectivity index is 1.65. The molecule has 0 saturated heterocycles. The first-order chi connectivity index (χ1) is 9.86. The van der Waals surface area contributed by atoms with Crippen LogP contribution >= 0.6 is 0 Å². The van der Waals surface area contributed by atoms with Crippen molar-refractivity contribution in [3.05, 3.63) is 47.8 Å². The molecule has 3 rings (SSSR count). The lowest BCUT2D eigenvalue weighted by Crippen LogP contribution is -2.25. The van der Waals surface area contributed by atoms with Crippen LogP contribution in [0.4, 0.5) is 0 Å². The van der Waals surface area contributed by atoms with E-state index in [0.717, 1.165) is 37.7 Å². The van der Waals surface area contributed by atoms with Gasteiger partial charge in [-0.3, -0.25) is 4.90 Å². The molecule has 0 aromatic carbocycles. The lowest BCUT2D eigenvalue weighted by molar-refractivity contribution is 0.207. The molecular weight excluding hydrogens is 252 g/mol. The summed E-state index contributed by atoms with van der Waals surface area (Å²) >= 11 is 0. The first-order valence-corrected chi connectivity index (χ1v) is 7.39. The van der Waals surface area contributed by atoms with Crippen LogP contribution in [0.3, 0.4) is 0 Å². The van der Waals surface area contributed by atoms with Gasteiger partial charge in [0.2, 0.25) is 0 Å². The SMILES string of the molecule is CCNCc1ccoc1CN(Cc1ccco1)C1CC1. The molecule has 0 radical (unpaired) electrons. The molecule has 0 amide bonds. The number of nitrogens with one attached hydrogen (secondary N) is 1. The number of rotatable bonds is 8. The number of furan rings is 2. The molecule has 4 nitrogen and oxygen atoms in total. The Morgan fingerprint density at radius 2 is 2.10 bits per heavy atom. The van der Waals surface area contributed by atoms with Crippen molar-refractivity contribution in [1.29, 1.82) is 0 Å². The van der Waals surface area contributed by atoms with Gasteiger partial charge in [0.1, 0.15) is 11.5 Å². The van der Waals surface area contributed by atoms with E-state index >= 15 is 0 Å². The zero-order chi connectivity index (χ0) is 13.8. The molecule has 1 aliphatic carbocycles. The lowest BCUT2D eigenvalue weighted by Gasteiger charge is -2.20. The van der Waals surface area contributed by atoms with Crippen molar-refractivity contribution >= 4 is 0 Å². The molecule has 2 aromatic rings. The second-order valence-corrected chi connectivity index (χ2v) is 5.36. The minimum Gasteiger partial charge on any atom is -0.468 e. The van der Waals surface area contributed by atoms with Gasteiger partial charge in [0.25, 0.3) is 0 Å². The maximum atomic E-state index is 5.68. The van der Waals surface area contributed by atoms with E-state index in [0.29, 0.717) is 6.04 Å². The molecule has 1 saturated carbocycles. The molecule has 4 heteroatoms. The van der Waals surface area contributed by atoms with Gasteiger partial charge in [0, 0.05) is 18.2 Å². The maximum Gasteiger partial charge on any atom is 0.122 e. The molecule has 20 heavy (non-hydrogen) atoms. The van der Waals surface area contributed by atoms with Crippen molar-refractivity contribution in [2.24, 2.45) is 0 Å². The molecule has 0 aliphatic heterocycles. The van der Waals surface area contributed by atoms with Gasteiger partial charge >= 0.3 is 0 Å². The standard InChI is InChI=1S/C16H22N2O2/c1-2-17-10-13-7-9-20-16(13)12-18(14-5-6-14)11-15-4-3-8-19-15/h3-4,7-9,14,17H,2,5-6,10-12H2,1H3. The fraction of sp³-hybridized carbons (Fsp3) is 0.500. The highest BCUT2D eigenvalue weighted by molar-refractivity contribution is 5.17. The van der Waals surface area contributed by atoms with Gasteiger partial charge in [-0.25, -0.2) is 0 Å². The van der Waals surface area contributed by atoms with Crippen molar-refractivity contribution in [3.8, 4) is 0 Å². The summed E-state index contributed by atoms with van der Waals surface area (Å²) in [6, 6.07) is 6.73. The average molecular weight is 274 g/mol.